The van der Waals surface area contributed by atoms with Crippen LogP contribution < -0.4 is 4.74 Å². The SMILES string of the molecule is CN1CCC(C(=O)N2C[C@@H](CCOc3ccc(C(F)(F)F)cn3)[C@@H](c3ccc(Cl)c(Cl)c3)C2)CC1. The average Bonchev–Trinajstić information content (AvgIpc) is 3.25. The lowest BCUT2D eigenvalue weighted by Gasteiger charge is -2.31. The highest BCUT2D eigenvalue weighted by molar-refractivity contribution is 6.42. The van der Waals surface area contributed by atoms with Crippen LogP contribution in [-0.2, 0) is 11.0 Å². The molecule has 35 heavy (non-hydrogen) atoms. The zero-order chi connectivity index (χ0) is 25.2. The number of carbonyl (C=O) groups is 1. The third-order valence-corrected chi connectivity index (χ3v) is 7.73. The van der Waals surface area contributed by atoms with Gasteiger partial charge in [0, 0.05) is 37.2 Å². The number of hydrogen-bond acceptors (Lipinski definition) is 4. The number of pyridine rings is 1. The van der Waals surface area contributed by atoms with Crippen molar-refractivity contribution in [1.29, 1.82) is 0 Å². The van der Waals surface area contributed by atoms with E-state index in [2.05, 4.69) is 16.9 Å². The second kappa shape index (κ2) is 10.9. The molecule has 5 nitrogen and oxygen atoms in total. The van der Waals surface area contributed by atoms with E-state index in [1.165, 1.54) is 6.07 Å². The number of likely N-dealkylation sites (tertiary alicyclic amines) is 2. The number of benzene rings is 1. The van der Waals surface area contributed by atoms with Crippen molar-refractivity contribution in [1.82, 2.24) is 14.8 Å². The molecule has 2 fully saturated rings. The normalized spacial score (nSPS) is 21.9. The number of amides is 1. The van der Waals surface area contributed by atoms with Crippen LogP contribution >= 0.6 is 23.2 Å². The summed E-state index contributed by atoms with van der Waals surface area (Å²) in [5.74, 6) is 0.533. The van der Waals surface area contributed by atoms with Gasteiger partial charge >= 0.3 is 6.18 Å². The van der Waals surface area contributed by atoms with Gasteiger partial charge in [-0.15, -0.1) is 0 Å². The first kappa shape index (κ1) is 26.0. The van der Waals surface area contributed by atoms with E-state index in [1.807, 2.05) is 17.0 Å². The molecule has 190 valence electrons. The Bertz CT molecular complexity index is 1030. The summed E-state index contributed by atoms with van der Waals surface area (Å²) in [5.41, 5.74) is 0.194. The highest BCUT2D eigenvalue weighted by Gasteiger charge is 2.39. The maximum absolute atomic E-state index is 13.3. The molecule has 0 radical (unpaired) electrons. The first-order chi connectivity index (χ1) is 16.6. The number of carbonyl (C=O) groups excluding carboxylic acids is 1. The average molecular weight is 530 g/mol. The van der Waals surface area contributed by atoms with Gasteiger partial charge in [0.2, 0.25) is 11.8 Å². The Morgan fingerprint density at radius 2 is 1.86 bits per heavy atom. The molecule has 2 aliphatic rings. The molecular weight excluding hydrogens is 502 g/mol. The quantitative estimate of drug-likeness (QED) is 0.477. The van der Waals surface area contributed by atoms with Crippen LogP contribution in [-0.4, -0.2) is 60.5 Å². The fourth-order valence-corrected chi connectivity index (χ4v) is 5.23. The summed E-state index contributed by atoms with van der Waals surface area (Å²) >= 11 is 12.4. The van der Waals surface area contributed by atoms with Gasteiger partial charge < -0.3 is 14.5 Å². The van der Waals surface area contributed by atoms with Crippen molar-refractivity contribution in [2.75, 3.05) is 39.8 Å². The van der Waals surface area contributed by atoms with E-state index in [-0.39, 0.29) is 36.1 Å². The molecule has 1 aromatic heterocycles. The fraction of sp³-hybridized carbons (Fsp3) is 0.520. The minimum Gasteiger partial charge on any atom is -0.478 e. The number of alkyl halides is 3. The van der Waals surface area contributed by atoms with Crippen molar-refractivity contribution < 1.29 is 22.7 Å². The van der Waals surface area contributed by atoms with E-state index < -0.39 is 11.7 Å². The summed E-state index contributed by atoms with van der Waals surface area (Å²) in [5, 5.41) is 0.939. The zero-order valence-corrected chi connectivity index (χ0v) is 20.9. The molecule has 10 heteroatoms. The minimum absolute atomic E-state index is 0.0343. The van der Waals surface area contributed by atoms with E-state index in [4.69, 9.17) is 27.9 Å². The second-order valence-corrected chi connectivity index (χ2v) is 10.2. The Kier molecular flexibility index (Phi) is 8.13. The van der Waals surface area contributed by atoms with Gasteiger partial charge in [-0.05, 0) is 69.1 Å². The fourth-order valence-electron chi connectivity index (χ4n) is 4.93. The van der Waals surface area contributed by atoms with Crippen molar-refractivity contribution >= 4 is 29.1 Å². The Labute approximate surface area is 213 Å². The first-order valence-electron chi connectivity index (χ1n) is 11.7. The van der Waals surface area contributed by atoms with E-state index in [0.717, 1.165) is 43.8 Å². The minimum atomic E-state index is -4.44. The maximum atomic E-state index is 13.3. The molecule has 0 unspecified atom stereocenters. The lowest BCUT2D eigenvalue weighted by Crippen LogP contribution is -2.40. The topological polar surface area (TPSA) is 45.7 Å². The number of aromatic nitrogens is 1. The molecule has 2 atom stereocenters. The van der Waals surface area contributed by atoms with Crippen LogP contribution in [0.4, 0.5) is 13.2 Å². The standard InChI is InChI=1S/C25H28Cl2F3N3O2/c1-32-9-6-16(7-10-32)24(34)33-14-18(20(15-33)17-2-4-21(26)22(27)12-17)8-11-35-23-5-3-19(13-31-23)25(28,29)30/h2-5,12-13,16,18,20H,6-11,14-15H2,1H3/t18-,20-/m1/s1. The molecule has 3 heterocycles. The van der Waals surface area contributed by atoms with Gasteiger partial charge in [0.25, 0.3) is 0 Å². The summed E-state index contributed by atoms with van der Waals surface area (Å²) in [6, 6.07) is 7.74. The number of nitrogens with zero attached hydrogens (tertiary/aromatic N) is 3. The van der Waals surface area contributed by atoms with E-state index in [0.29, 0.717) is 29.6 Å². The molecule has 0 N–H and O–H groups in total. The molecule has 1 aromatic carbocycles. The van der Waals surface area contributed by atoms with Crippen LogP contribution in [0.15, 0.2) is 36.5 Å². The summed E-state index contributed by atoms with van der Waals surface area (Å²) in [6.07, 6.45) is -1.34. The van der Waals surface area contributed by atoms with Crippen molar-refractivity contribution in [2.45, 2.75) is 31.4 Å². The molecule has 2 aliphatic heterocycles. The van der Waals surface area contributed by atoms with Crippen LogP contribution in [0.2, 0.25) is 10.0 Å². The lowest BCUT2D eigenvalue weighted by molar-refractivity contribution is -0.138. The summed E-state index contributed by atoms with van der Waals surface area (Å²) < 4.78 is 43.9. The number of halogens is 5. The van der Waals surface area contributed by atoms with Crippen molar-refractivity contribution in [3.63, 3.8) is 0 Å². The summed E-state index contributed by atoms with van der Waals surface area (Å²) in [6.45, 7) is 3.29. The Hall–Kier alpha value is -2.03. The highest BCUT2D eigenvalue weighted by Crippen LogP contribution is 2.38. The van der Waals surface area contributed by atoms with Gasteiger partial charge in [0.15, 0.2) is 0 Å². The lowest BCUT2D eigenvalue weighted by atomic mass is 9.87. The van der Waals surface area contributed by atoms with Crippen LogP contribution in [0, 0.1) is 11.8 Å². The van der Waals surface area contributed by atoms with Crippen LogP contribution in [0.5, 0.6) is 5.88 Å². The molecule has 0 aliphatic carbocycles. The predicted octanol–water partition coefficient (Wildman–Crippen LogP) is 5.76. The Morgan fingerprint density at radius 1 is 1.11 bits per heavy atom. The Balaban J connectivity index is 1.43. The number of piperidine rings is 1. The van der Waals surface area contributed by atoms with E-state index in [9.17, 15) is 18.0 Å². The number of hydrogen-bond donors (Lipinski definition) is 0. The second-order valence-electron chi connectivity index (χ2n) is 9.38. The molecule has 4 rings (SSSR count). The molecule has 0 saturated carbocycles. The van der Waals surface area contributed by atoms with Gasteiger partial charge in [-0.2, -0.15) is 13.2 Å². The highest BCUT2D eigenvalue weighted by atomic mass is 35.5. The Morgan fingerprint density at radius 3 is 2.49 bits per heavy atom. The molecule has 1 amide bonds. The smallest absolute Gasteiger partial charge is 0.417 e. The van der Waals surface area contributed by atoms with Gasteiger partial charge in [0.05, 0.1) is 22.2 Å². The van der Waals surface area contributed by atoms with Crippen molar-refractivity contribution in [2.24, 2.45) is 11.8 Å². The van der Waals surface area contributed by atoms with Crippen LogP contribution in [0.25, 0.3) is 0 Å². The molecule has 2 saturated heterocycles. The van der Waals surface area contributed by atoms with Crippen molar-refractivity contribution in [3.8, 4) is 5.88 Å². The summed E-state index contributed by atoms with van der Waals surface area (Å²) in [4.78, 5) is 21.2. The first-order valence-corrected chi connectivity index (χ1v) is 12.5. The maximum Gasteiger partial charge on any atom is 0.417 e. The third kappa shape index (κ3) is 6.40. The number of ether oxygens (including phenoxy) is 1. The van der Waals surface area contributed by atoms with E-state index in [1.54, 1.807) is 6.07 Å². The molecular formula is C25H28Cl2F3N3O2. The number of rotatable bonds is 6. The van der Waals surface area contributed by atoms with Gasteiger partial charge in [-0.3, -0.25) is 4.79 Å². The molecule has 0 spiro atoms. The van der Waals surface area contributed by atoms with Gasteiger partial charge in [0.1, 0.15) is 0 Å². The third-order valence-electron chi connectivity index (χ3n) is 6.99. The largest absolute Gasteiger partial charge is 0.478 e. The van der Waals surface area contributed by atoms with E-state index >= 15 is 0 Å². The monoisotopic (exact) mass is 529 g/mol. The van der Waals surface area contributed by atoms with Gasteiger partial charge in [-0.25, -0.2) is 4.98 Å². The van der Waals surface area contributed by atoms with Crippen molar-refractivity contribution in [3.05, 3.63) is 57.7 Å². The van der Waals surface area contributed by atoms with Crippen LogP contribution in [0.3, 0.4) is 0 Å². The van der Waals surface area contributed by atoms with Gasteiger partial charge in [-0.1, -0.05) is 29.3 Å². The summed E-state index contributed by atoms with van der Waals surface area (Å²) in [7, 11) is 2.07. The van der Waals surface area contributed by atoms with Crippen LogP contribution in [0.1, 0.15) is 36.3 Å². The zero-order valence-electron chi connectivity index (χ0n) is 19.4. The predicted molar refractivity (Wildman–Crippen MR) is 129 cm³/mol. The molecule has 2 aromatic rings. The molecule has 0 bridgehead atoms.